The number of hydrogen-bond acceptors (Lipinski definition) is 4. The van der Waals surface area contributed by atoms with E-state index >= 15 is 0 Å². The van der Waals surface area contributed by atoms with Crippen LogP contribution in [0.25, 0.3) is 0 Å². The molecule has 0 aliphatic carbocycles. The predicted molar refractivity (Wildman–Crippen MR) is 70.4 cm³/mol. The van der Waals surface area contributed by atoms with Crippen molar-refractivity contribution >= 4 is 11.7 Å². The molecule has 18 heavy (non-hydrogen) atoms. The van der Waals surface area contributed by atoms with Crippen LogP contribution in [0.15, 0.2) is 0 Å². The van der Waals surface area contributed by atoms with Crippen molar-refractivity contribution in [2.45, 2.75) is 26.3 Å². The second-order valence-corrected chi connectivity index (χ2v) is 5.11. The molecule has 1 aromatic rings. The molecule has 4 N–H and O–H groups in total. The maximum atomic E-state index is 11.6. The molecule has 2 unspecified atom stereocenters. The maximum Gasteiger partial charge on any atom is 0.254 e. The lowest BCUT2D eigenvalue weighted by Crippen LogP contribution is -2.31. The predicted octanol–water partition coefficient (Wildman–Crippen LogP) is 0.000920. The number of primary amides is 1. The Bertz CT molecular complexity index is 467. The van der Waals surface area contributed by atoms with Crippen LogP contribution >= 0.6 is 0 Å². The van der Waals surface area contributed by atoms with Gasteiger partial charge >= 0.3 is 0 Å². The highest BCUT2D eigenvalue weighted by Crippen LogP contribution is 2.31. The van der Waals surface area contributed by atoms with Gasteiger partial charge in [0.1, 0.15) is 11.4 Å². The minimum atomic E-state index is -0.418. The molecule has 1 aromatic heterocycles. The fourth-order valence-electron chi connectivity index (χ4n) is 2.87. The number of carbonyl (C=O) groups is 1. The van der Waals surface area contributed by atoms with Gasteiger partial charge in [0.15, 0.2) is 0 Å². The number of carbonyl (C=O) groups excluding carboxylic acids is 1. The Morgan fingerprint density at radius 3 is 2.72 bits per heavy atom. The molecule has 6 heteroatoms. The van der Waals surface area contributed by atoms with Crippen molar-refractivity contribution < 1.29 is 4.79 Å². The molecule has 0 radical (unpaired) electrons. The molecule has 1 saturated heterocycles. The number of rotatable bonds is 3. The molecule has 0 spiro atoms. The molecule has 1 fully saturated rings. The number of hydrogen-bond donors (Lipinski definition) is 2. The molecule has 1 aliphatic rings. The van der Waals surface area contributed by atoms with Crippen molar-refractivity contribution in [3.8, 4) is 0 Å². The highest BCUT2D eigenvalue weighted by atomic mass is 16.1. The molecule has 2 rings (SSSR count). The maximum absolute atomic E-state index is 11.6. The molecule has 100 valence electrons. The van der Waals surface area contributed by atoms with E-state index in [4.69, 9.17) is 11.5 Å². The van der Waals surface area contributed by atoms with Gasteiger partial charge in [-0.15, -0.1) is 0 Å². The third-order valence-electron chi connectivity index (χ3n) is 3.71. The first-order chi connectivity index (χ1) is 8.45. The van der Waals surface area contributed by atoms with Gasteiger partial charge in [-0.2, -0.15) is 5.10 Å². The van der Waals surface area contributed by atoms with Gasteiger partial charge in [-0.25, -0.2) is 0 Å². The van der Waals surface area contributed by atoms with Crippen LogP contribution in [0, 0.1) is 12.8 Å². The number of anilines is 1. The Hall–Kier alpha value is -1.56. The van der Waals surface area contributed by atoms with Gasteiger partial charge in [0.2, 0.25) is 0 Å². The third kappa shape index (κ3) is 1.96. The van der Waals surface area contributed by atoms with E-state index in [0.717, 1.165) is 18.8 Å². The number of aryl methyl sites for hydroxylation is 2. The number of amides is 1. The van der Waals surface area contributed by atoms with Crippen LogP contribution in [0.2, 0.25) is 0 Å². The lowest BCUT2D eigenvalue weighted by Gasteiger charge is -2.24. The summed E-state index contributed by atoms with van der Waals surface area (Å²) >= 11 is 0. The second kappa shape index (κ2) is 4.61. The first kappa shape index (κ1) is 12.9. The average Bonchev–Trinajstić information content (AvgIpc) is 2.78. The molecule has 1 amide bonds. The minimum Gasteiger partial charge on any atom is -0.365 e. The largest absolute Gasteiger partial charge is 0.365 e. The van der Waals surface area contributed by atoms with Gasteiger partial charge in [-0.05, 0) is 32.7 Å². The fourth-order valence-corrected chi connectivity index (χ4v) is 2.87. The number of nitrogens with zero attached hydrogens (tertiary/aromatic N) is 3. The van der Waals surface area contributed by atoms with E-state index in [1.807, 2.05) is 14.0 Å². The summed E-state index contributed by atoms with van der Waals surface area (Å²) in [7, 11) is 1.84. The first-order valence-electron chi connectivity index (χ1n) is 6.25. The van der Waals surface area contributed by atoms with Gasteiger partial charge < -0.3 is 16.4 Å². The smallest absolute Gasteiger partial charge is 0.254 e. The molecular formula is C12H21N5O. The monoisotopic (exact) mass is 251 g/mol. The molecule has 0 aromatic carbocycles. The van der Waals surface area contributed by atoms with Crippen molar-refractivity contribution in [2.24, 2.45) is 24.4 Å². The van der Waals surface area contributed by atoms with Crippen LogP contribution in [-0.2, 0) is 7.05 Å². The zero-order valence-corrected chi connectivity index (χ0v) is 11.2. The summed E-state index contributed by atoms with van der Waals surface area (Å²) in [6.07, 6.45) is 1.04. The van der Waals surface area contributed by atoms with Gasteiger partial charge in [0.05, 0.1) is 5.69 Å². The van der Waals surface area contributed by atoms with Crippen LogP contribution < -0.4 is 16.4 Å². The van der Waals surface area contributed by atoms with E-state index in [9.17, 15) is 4.79 Å². The standard InChI is InChI=1S/C12H21N5O/c1-7-4-9(5-13)6-17(7)12-10(11(14)18)8(2)15-16(12)3/h7,9H,4-6,13H2,1-3H3,(H2,14,18). The Balaban J connectivity index is 2.42. The van der Waals surface area contributed by atoms with E-state index in [1.165, 1.54) is 0 Å². The van der Waals surface area contributed by atoms with Gasteiger partial charge in [0.25, 0.3) is 5.91 Å². The number of nitrogens with two attached hydrogens (primary N) is 2. The average molecular weight is 251 g/mol. The van der Waals surface area contributed by atoms with E-state index in [2.05, 4.69) is 16.9 Å². The van der Waals surface area contributed by atoms with E-state index < -0.39 is 5.91 Å². The molecular weight excluding hydrogens is 230 g/mol. The van der Waals surface area contributed by atoms with E-state index in [0.29, 0.717) is 29.8 Å². The van der Waals surface area contributed by atoms with Crippen molar-refractivity contribution in [2.75, 3.05) is 18.0 Å². The molecule has 0 bridgehead atoms. The summed E-state index contributed by atoms with van der Waals surface area (Å²) in [6.45, 7) is 5.48. The molecule has 2 atom stereocenters. The molecule has 1 aliphatic heterocycles. The summed E-state index contributed by atoms with van der Waals surface area (Å²) in [4.78, 5) is 13.8. The Kier molecular flexibility index (Phi) is 3.30. The van der Waals surface area contributed by atoms with Crippen LogP contribution in [0.3, 0.4) is 0 Å². The van der Waals surface area contributed by atoms with Crippen LogP contribution in [0.1, 0.15) is 29.4 Å². The van der Waals surface area contributed by atoms with Crippen LogP contribution in [0.4, 0.5) is 5.82 Å². The topological polar surface area (TPSA) is 90.2 Å². The van der Waals surface area contributed by atoms with Crippen LogP contribution in [-0.4, -0.2) is 34.8 Å². The van der Waals surface area contributed by atoms with Crippen molar-refractivity contribution in [3.05, 3.63) is 11.3 Å². The Morgan fingerprint density at radius 2 is 2.22 bits per heavy atom. The fraction of sp³-hybridized carbons (Fsp3) is 0.667. The first-order valence-corrected chi connectivity index (χ1v) is 6.25. The summed E-state index contributed by atoms with van der Waals surface area (Å²) in [5.74, 6) is 0.874. The lowest BCUT2D eigenvalue weighted by atomic mass is 10.1. The lowest BCUT2D eigenvalue weighted by molar-refractivity contribution is 0.1000. The molecule has 6 nitrogen and oxygen atoms in total. The van der Waals surface area contributed by atoms with E-state index in [1.54, 1.807) is 4.68 Å². The molecule has 0 saturated carbocycles. The summed E-state index contributed by atoms with van der Waals surface area (Å²) in [6, 6.07) is 0.353. The zero-order valence-electron chi connectivity index (χ0n) is 11.2. The quantitative estimate of drug-likeness (QED) is 0.791. The van der Waals surface area contributed by atoms with Crippen molar-refractivity contribution in [1.29, 1.82) is 0 Å². The minimum absolute atomic E-state index is 0.353. The van der Waals surface area contributed by atoms with E-state index in [-0.39, 0.29) is 0 Å². The third-order valence-corrected chi connectivity index (χ3v) is 3.71. The number of aromatic nitrogens is 2. The van der Waals surface area contributed by atoms with Crippen molar-refractivity contribution in [3.63, 3.8) is 0 Å². The van der Waals surface area contributed by atoms with Gasteiger partial charge in [-0.3, -0.25) is 9.48 Å². The molecule has 2 heterocycles. The summed E-state index contributed by atoms with van der Waals surface area (Å²) in [5.41, 5.74) is 12.4. The Morgan fingerprint density at radius 1 is 1.56 bits per heavy atom. The normalized spacial score (nSPS) is 23.7. The van der Waals surface area contributed by atoms with Gasteiger partial charge in [0, 0.05) is 19.6 Å². The zero-order chi connectivity index (χ0) is 13.4. The summed E-state index contributed by atoms with van der Waals surface area (Å²) in [5, 5.41) is 4.31. The Labute approximate surface area is 107 Å². The SMILES string of the molecule is Cc1nn(C)c(N2CC(CN)CC2C)c1C(N)=O. The highest BCUT2D eigenvalue weighted by Gasteiger charge is 2.33. The van der Waals surface area contributed by atoms with Crippen molar-refractivity contribution in [1.82, 2.24) is 9.78 Å². The second-order valence-electron chi connectivity index (χ2n) is 5.11. The van der Waals surface area contributed by atoms with Gasteiger partial charge in [-0.1, -0.05) is 0 Å². The summed E-state index contributed by atoms with van der Waals surface area (Å²) < 4.78 is 1.74. The van der Waals surface area contributed by atoms with Crippen LogP contribution in [0.5, 0.6) is 0 Å². The highest BCUT2D eigenvalue weighted by molar-refractivity contribution is 5.99.